The lowest BCUT2D eigenvalue weighted by atomic mass is 10.0. The summed E-state index contributed by atoms with van der Waals surface area (Å²) in [6.45, 7) is 2.04. The lowest BCUT2D eigenvalue weighted by Crippen LogP contribution is -1.95. The predicted molar refractivity (Wildman–Crippen MR) is 85.7 cm³/mol. The molecule has 0 N–H and O–H groups in total. The van der Waals surface area contributed by atoms with Crippen molar-refractivity contribution in [1.82, 2.24) is 0 Å². The lowest BCUT2D eigenvalue weighted by Gasteiger charge is -2.14. The van der Waals surface area contributed by atoms with Crippen molar-refractivity contribution in [1.29, 1.82) is 0 Å². The molecular formula is C14H10Br2Cl2. The van der Waals surface area contributed by atoms with Crippen molar-refractivity contribution in [3.63, 3.8) is 0 Å². The Hall–Kier alpha value is -0.0200. The fourth-order valence-electron chi connectivity index (χ4n) is 1.70. The number of halogens is 4. The second-order valence-electron chi connectivity index (χ2n) is 4.04. The standard InChI is InChI=1S/C14H10Br2Cl2/c1-8-5-13(16)11(7-12(8)15)14(18)9-3-2-4-10(17)6-9/h2-7,14H,1H3. The van der Waals surface area contributed by atoms with Gasteiger partial charge in [-0.1, -0.05) is 55.6 Å². The second-order valence-corrected chi connectivity index (χ2v) is 6.62. The van der Waals surface area contributed by atoms with Gasteiger partial charge in [0.25, 0.3) is 0 Å². The van der Waals surface area contributed by atoms with Gasteiger partial charge in [0, 0.05) is 14.0 Å². The van der Waals surface area contributed by atoms with E-state index in [0.717, 1.165) is 20.1 Å². The van der Waals surface area contributed by atoms with E-state index in [1.807, 2.05) is 37.3 Å². The van der Waals surface area contributed by atoms with Crippen LogP contribution in [0.25, 0.3) is 0 Å². The molecule has 0 heterocycles. The molecule has 0 radical (unpaired) electrons. The Morgan fingerprint density at radius 1 is 1.06 bits per heavy atom. The monoisotopic (exact) mass is 406 g/mol. The zero-order chi connectivity index (χ0) is 13.3. The highest BCUT2D eigenvalue weighted by atomic mass is 79.9. The van der Waals surface area contributed by atoms with Gasteiger partial charge in [-0.25, -0.2) is 0 Å². The van der Waals surface area contributed by atoms with E-state index in [2.05, 4.69) is 37.9 Å². The van der Waals surface area contributed by atoms with Crippen LogP contribution in [0.4, 0.5) is 0 Å². The summed E-state index contributed by atoms with van der Waals surface area (Å²) >= 11 is 19.6. The Morgan fingerprint density at radius 2 is 1.78 bits per heavy atom. The molecule has 1 unspecified atom stereocenters. The first-order valence-corrected chi connectivity index (χ1v) is 7.74. The molecule has 2 aromatic rings. The molecule has 2 rings (SSSR count). The van der Waals surface area contributed by atoms with Crippen molar-refractivity contribution in [3.8, 4) is 0 Å². The fraction of sp³-hybridized carbons (Fsp3) is 0.143. The molecule has 94 valence electrons. The molecule has 18 heavy (non-hydrogen) atoms. The summed E-state index contributed by atoms with van der Waals surface area (Å²) in [7, 11) is 0. The summed E-state index contributed by atoms with van der Waals surface area (Å²) in [5.74, 6) is 0. The molecule has 0 nitrogen and oxygen atoms in total. The van der Waals surface area contributed by atoms with Gasteiger partial charge in [0.2, 0.25) is 0 Å². The van der Waals surface area contributed by atoms with Gasteiger partial charge in [0.1, 0.15) is 0 Å². The van der Waals surface area contributed by atoms with Crippen LogP contribution >= 0.6 is 55.1 Å². The Morgan fingerprint density at radius 3 is 2.44 bits per heavy atom. The molecule has 2 aromatic carbocycles. The Bertz CT molecular complexity index is 582. The van der Waals surface area contributed by atoms with Crippen LogP contribution < -0.4 is 0 Å². The van der Waals surface area contributed by atoms with Gasteiger partial charge in [-0.3, -0.25) is 0 Å². The van der Waals surface area contributed by atoms with E-state index in [-0.39, 0.29) is 5.38 Å². The van der Waals surface area contributed by atoms with Gasteiger partial charge < -0.3 is 0 Å². The molecular weight excluding hydrogens is 399 g/mol. The minimum atomic E-state index is -0.227. The first-order chi connectivity index (χ1) is 8.49. The third-order valence-electron chi connectivity index (χ3n) is 2.69. The molecule has 0 aliphatic rings. The first-order valence-electron chi connectivity index (χ1n) is 5.34. The number of hydrogen-bond donors (Lipinski definition) is 0. The molecule has 1 atom stereocenters. The summed E-state index contributed by atoms with van der Waals surface area (Å²) in [6.07, 6.45) is 0. The highest BCUT2D eigenvalue weighted by Gasteiger charge is 2.15. The molecule has 4 heteroatoms. The maximum atomic E-state index is 6.52. The minimum absolute atomic E-state index is 0.227. The van der Waals surface area contributed by atoms with Crippen LogP contribution in [0.2, 0.25) is 5.02 Å². The highest BCUT2D eigenvalue weighted by molar-refractivity contribution is 9.11. The third-order valence-corrected chi connectivity index (χ3v) is 4.96. The lowest BCUT2D eigenvalue weighted by molar-refractivity contribution is 1.12. The van der Waals surface area contributed by atoms with E-state index in [1.165, 1.54) is 5.56 Å². The third kappa shape index (κ3) is 3.11. The van der Waals surface area contributed by atoms with Gasteiger partial charge in [-0.05, 0) is 47.9 Å². The van der Waals surface area contributed by atoms with Gasteiger partial charge >= 0.3 is 0 Å². The number of hydrogen-bond acceptors (Lipinski definition) is 0. The predicted octanol–water partition coefficient (Wildman–Crippen LogP) is 6.50. The normalized spacial score (nSPS) is 12.5. The van der Waals surface area contributed by atoms with Crippen molar-refractivity contribution in [2.45, 2.75) is 12.3 Å². The zero-order valence-electron chi connectivity index (χ0n) is 9.55. The Kier molecular flexibility index (Phi) is 4.76. The first kappa shape index (κ1) is 14.4. The Balaban J connectivity index is 2.46. The smallest absolute Gasteiger partial charge is 0.0847 e. The van der Waals surface area contributed by atoms with Crippen LogP contribution in [0.15, 0.2) is 45.3 Å². The summed E-state index contributed by atoms with van der Waals surface area (Å²) in [4.78, 5) is 0. The average Bonchev–Trinajstić information content (AvgIpc) is 2.33. The minimum Gasteiger partial charge on any atom is -0.113 e. The molecule has 0 bridgehead atoms. The zero-order valence-corrected chi connectivity index (χ0v) is 14.2. The molecule has 0 amide bonds. The van der Waals surface area contributed by atoms with Gasteiger partial charge in [0.15, 0.2) is 0 Å². The van der Waals surface area contributed by atoms with Crippen LogP contribution in [-0.2, 0) is 0 Å². The Labute approximate surface area is 134 Å². The SMILES string of the molecule is Cc1cc(Br)c(C(Cl)c2cccc(Cl)c2)cc1Br. The second kappa shape index (κ2) is 5.96. The van der Waals surface area contributed by atoms with Crippen LogP contribution in [0, 0.1) is 6.92 Å². The highest BCUT2D eigenvalue weighted by Crippen LogP contribution is 2.37. The van der Waals surface area contributed by atoms with Crippen LogP contribution in [-0.4, -0.2) is 0 Å². The quantitative estimate of drug-likeness (QED) is 0.497. The van der Waals surface area contributed by atoms with Crippen molar-refractivity contribution < 1.29 is 0 Å². The number of alkyl halides is 1. The molecule has 0 aliphatic carbocycles. The molecule has 0 saturated heterocycles. The molecule has 0 fully saturated rings. The van der Waals surface area contributed by atoms with E-state index in [9.17, 15) is 0 Å². The van der Waals surface area contributed by atoms with E-state index in [0.29, 0.717) is 5.02 Å². The van der Waals surface area contributed by atoms with E-state index in [4.69, 9.17) is 23.2 Å². The van der Waals surface area contributed by atoms with Crippen molar-refractivity contribution in [3.05, 3.63) is 67.1 Å². The molecule has 0 spiro atoms. The fourth-order valence-corrected chi connectivity index (χ4v) is 3.39. The summed E-state index contributed by atoms with van der Waals surface area (Å²) in [5, 5.41) is 0.468. The average molecular weight is 409 g/mol. The van der Waals surface area contributed by atoms with Crippen LogP contribution in [0.5, 0.6) is 0 Å². The number of rotatable bonds is 2. The molecule has 0 aromatic heterocycles. The van der Waals surface area contributed by atoms with Crippen molar-refractivity contribution in [2.24, 2.45) is 0 Å². The van der Waals surface area contributed by atoms with Gasteiger partial charge in [0.05, 0.1) is 5.38 Å². The van der Waals surface area contributed by atoms with E-state index >= 15 is 0 Å². The summed E-state index contributed by atoms with van der Waals surface area (Å²) in [5.41, 5.74) is 3.18. The van der Waals surface area contributed by atoms with E-state index in [1.54, 1.807) is 0 Å². The maximum Gasteiger partial charge on any atom is 0.0847 e. The largest absolute Gasteiger partial charge is 0.113 e. The topological polar surface area (TPSA) is 0 Å². The maximum absolute atomic E-state index is 6.52. The number of benzene rings is 2. The van der Waals surface area contributed by atoms with Gasteiger partial charge in [-0.2, -0.15) is 0 Å². The molecule has 0 aliphatic heterocycles. The van der Waals surface area contributed by atoms with Crippen molar-refractivity contribution in [2.75, 3.05) is 0 Å². The van der Waals surface area contributed by atoms with Crippen LogP contribution in [0.3, 0.4) is 0 Å². The molecule has 0 saturated carbocycles. The van der Waals surface area contributed by atoms with Gasteiger partial charge in [-0.15, -0.1) is 11.6 Å². The summed E-state index contributed by atoms with van der Waals surface area (Å²) in [6, 6.07) is 11.7. The van der Waals surface area contributed by atoms with Crippen LogP contribution in [0.1, 0.15) is 22.1 Å². The number of aryl methyl sites for hydroxylation is 1. The van der Waals surface area contributed by atoms with Crippen molar-refractivity contribution >= 4 is 55.1 Å². The summed E-state index contributed by atoms with van der Waals surface area (Å²) < 4.78 is 2.05. The van der Waals surface area contributed by atoms with E-state index < -0.39 is 0 Å².